The van der Waals surface area contributed by atoms with Crippen LogP contribution in [0.3, 0.4) is 0 Å². The van der Waals surface area contributed by atoms with Crippen LogP contribution >= 0.6 is 0 Å². The first-order valence-corrected chi connectivity index (χ1v) is 10.4. The lowest BCUT2D eigenvalue weighted by molar-refractivity contribution is -0.130. The molecule has 1 aliphatic rings. The Balaban J connectivity index is 1.61. The van der Waals surface area contributed by atoms with Gasteiger partial charge in [-0.15, -0.1) is 0 Å². The Hall–Kier alpha value is -2.34. The summed E-state index contributed by atoms with van der Waals surface area (Å²) >= 11 is 0. The summed E-state index contributed by atoms with van der Waals surface area (Å²) in [4.78, 5) is 14.3. The molecule has 1 N–H and O–H groups in total. The van der Waals surface area contributed by atoms with Crippen LogP contribution in [0.25, 0.3) is 0 Å². The number of rotatable bonds is 6. The summed E-state index contributed by atoms with van der Waals surface area (Å²) in [5.41, 5.74) is 2.25. The van der Waals surface area contributed by atoms with E-state index >= 15 is 0 Å². The van der Waals surface area contributed by atoms with Gasteiger partial charge in [0.2, 0.25) is 5.91 Å². The fourth-order valence-corrected chi connectivity index (χ4v) is 4.49. The smallest absolute Gasteiger partial charge is 0.262 e. The molecule has 5 nitrogen and oxygen atoms in total. The molecule has 138 valence electrons. The third-order valence-corrected chi connectivity index (χ3v) is 6.22. The average Bonchev–Trinajstić information content (AvgIpc) is 3.15. The van der Waals surface area contributed by atoms with Crippen LogP contribution in [0, 0.1) is 6.92 Å². The third-order valence-electron chi connectivity index (χ3n) is 4.68. The van der Waals surface area contributed by atoms with Gasteiger partial charge in [0, 0.05) is 25.2 Å². The van der Waals surface area contributed by atoms with Crippen molar-refractivity contribution in [2.24, 2.45) is 0 Å². The summed E-state index contributed by atoms with van der Waals surface area (Å²) in [6, 6.07) is 14.1. The van der Waals surface area contributed by atoms with Gasteiger partial charge in [-0.1, -0.05) is 30.3 Å². The van der Waals surface area contributed by atoms with Gasteiger partial charge in [0.05, 0.1) is 4.90 Å². The molecule has 2 aromatic rings. The van der Waals surface area contributed by atoms with Gasteiger partial charge in [-0.3, -0.25) is 9.52 Å². The highest BCUT2D eigenvalue weighted by atomic mass is 32.2. The molecule has 0 saturated carbocycles. The fraction of sp³-hybridized carbons (Fsp3) is 0.350. The zero-order valence-electron chi connectivity index (χ0n) is 14.9. The van der Waals surface area contributed by atoms with E-state index in [0.717, 1.165) is 31.5 Å². The standard InChI is InChI=1S/C20H24N2O3S/c1-16-6-2-3-7-19(16)26(24,25)21-18-11-8-17(9-12-18)10-13-20(23)22-14-4-5-15-22/h2-3,6-9,11-12,21H,4-5,10,13-15H2,1H3. The van der Waals surface area contributed by atoms with Crippen LogP contribution in [0.4, 0.5) is 5.69 Å². The number of hydrogen-bond acceptors (Lipinski definition) is 3. The van der Waals surface area contributed by atoms with Crippen LogP contribution in [-0.2, 0) is 21.2 Å². The Morgan fingerprint density at radius 1 is 1.04 bits per heavy atom. The minimum atomic E-state index is -3.60. The van der Waals surface area contributed by atoms with Crippen molar-refractivity contribution in [1.82, 2.24) is 4.90 Å². The lowest BCUT2D eigenvalue weighted by Gasteiger charge is -2.15. The predicted molar refractivity (Wildman–Crippen MR) is 103 cm³/mol. The molecule has 0 atom stereocenters. The molecular weight excluding hydrogens is 348 g/mol. The van der Waals surface area contributed by atoms with Crippen molar-refractivity contribution in [1.29, 1.82) is 0 Å². The first kappa shape index (κ1) is 18.5. The molecule has 1 amide bonds. The minimum absolute atomic E-state index is 0.201. The van der Waals surface area contributed by atoms with E-state index in [2.05, 4.69) is 4.72 Å². The molecule has 3 rings (SSSR count). The van der Waals surface area contributed by atoms with E-state index in [-0.39, 0.29) is 10.8 Å². The number of nitrogens with one attached hydrogen (secondary N) is 1. The topological polar surface area (TPSA) is 66.5 Å². The molecule has 0 aliphatic carbocycles. The van der Waals surface area contributed by atoms with E-state index in [1.165, 1.54) is 0 Å². The van der Waals surface area contributed by atoms with Gasteiger partial charge in [0.15, 0.2) is 0 Å². The molecule has 1 fully saturated rings. The van der Waals surface area contributed by atoms with Crippen molar-refractivity contribution in [3.8, 4) is 0 Å². The van der Waals surface area contributed by atoms with Crippen molar-refractivity contribution >= 4 is 21.6 Å². The van der Waals surface area contributed by atoms with Gasteiger partial charge >= 0.3 is 0 Å². The Kier molecular flexibility index (Phi) is 5.61. The third kappa shape index (κ3) is 4.43. The maximum Gasteiger partial charge on any atom is 0.262 e. The normalized spacial score (nSPS) is 14.4. The molecule has 1 aliphatic heterocycles. The van der Waals surface area contributed by atoms with Gasteiger partial charge in [0.25, 0.3) is 10.0 Å². The molecule has 0 unspecified atom stereocenters. The number of sulfonamides is 1. The van der Waals surface area contributed by atoms with E-state index in [4.69, 9.17) is 0 Å². The summed E-state index contributed by atoms with van der Waals surface area (Å²) in [6.07, 6.45) is 3.36. The van der Waals surface area contributed by atoms with Crippen molar-refractivity contribution in [2.45, 2.75) is 37.5 Å². The lowest BCUT2D eigenvalue weighted by Crippen LogP contribution is -2.27. The highest BCUT2D eigenvalue weighted by Crippen LogP contribution is 2.20. The first-order valence-electron chi connectivity index (χ1n) is 8.91. The van der Waals surface area contributed by atoms with Crippen LogP contribution in [0.5, 0.6) is 0 Å². The Bertz CT molecular complexity index is 870. The summed E-state index contributed by atoms with van der Waals surface area (Å²) < 4.78 is 27.6. The maximum atomic E-state index is 12.5. The second-order valence-electron chi connectivity index (χ2n) is 6.66. The van der Waals surface area contributed by atoms with Crippen LogP contribution in [0.15, 0.2) is 53.4 Å². The summed E-state index contributed by atoms with van der Waals surface area (Å²) in [6.45, 7) is 3.52. The van der Waals surface area contributed by atoms with Crippen molar-refractivity contribution in [3.05, 3.63) is 59.7 Å². The second-order valence-corrected chi connectivity index (χ2v) is 8.31. The quantitative estimate of drug-likeness (QED) is 0.846. The highest BCUT2D eigenvalue weighted by Gasteiger charge is 2.18. The fourth-order valence-electron chi connectivity index (χ4n) is 3.18. The van der Waals surface area contributed by atoms with E-state index in [0.29, 0.717) is 24.1 Å². The Labute approximate surface area is 155 Å². The first-order chi connectivity index (χ1) is 12.5. The number of likely N-dealkylation sites (tertiary alicyclic amines) is 1. The summed E-state index contributed by atoms with van der Waals surface area (Å²) in [5.74, 6) is 0.201. The molecule has 1 heterocycles. The second kappa shape index (κ2) is 7.91. The minimum Gasteiger partial charge on any atom is -0.343 e. The van der Waals surface area contributed by atoms with E-state index < -0.39 is 10.0 Å². The van der Waals surface area contributed by atoms with Crippen LogP contribution in [0.2, 0.25) is 0 Å². The van der Waals surface area contributed by atoms with E-state index in [9.17, 15) is 13.2 Å². The SMILES string of the molecule is Cc1ccccc1S(=O)(=O)Nc1ccc(CCC(=O)N2CCCC2)cc1. The molecule has 0 spiro atoms. The van der Waals surface area contributed by atoms with Crippen LogP contribution in [-0.4, -0.2) is 32.3 Å². The van der Waals surface area contributed by atoms with Gasteiger partial charge < -0.3 is 4.90 Å². The van der Waals surface area contributed by atoms with Crippen LogP contribution in [0.1, 0.15) is 30.4 Å². The molecule has 2 aromatic carbocycles. The number of anilines is 1. The highest BCUT2D eigenvalue weighted by molar-refractivity contribution is 7.92. The van der Waals surface area contributed by atoms with Crippen LogP contribution < -0.4 is 4.72 Å². The summed E-state index contributed by atoms with van der Waals surface area (Å²) in [5, 5.41) is 0. The van der Waals surface area contributed by atoms with Crippen molar-refractivity contribution < 1.29 is 13.2 Å². The number of aryl methyl sites for hydroxylation is 2. The van der Waals surface area contributed by atoms with Gasteiger partial charge in [-0.2, -0.15) is 0 Å². The number of carbonyl (C=O) groups excluding carboxylic acids is 1. The van der Waals surface area contributed by atoms with Gasteiger partial charge in [-0.25, -0.2) is 8.42 Å². The zero-order valence-corrected chi connectivity index (χ0v) is 15.8. The number of amides is 1. The van der Waals surface area contributed by atoms with E-state index in [1.807, 2.05) is 23.1 Å². The van der Waals surface area contributed by atoms with Crippen molar-refractivity contribution in [2.75, 3.05) is 17.8 Å². The monoisotopic (exact) mass is 372 g/mol. The Morgan fingerprint density at radius 2 is 1.69 bits per heavy atom. The lowest BCUT2D eigenvalue weighted by atomic mass is 10.1. The maximum absolute atomic E-state index is 12.5. The average molecular weight is 372 g/mol. The molecule has 0 radical (unpaired) electrons. The summed E-state index contributed by atoms with van der Waals surface area (Å²) in [7, 11) is -3.60. The molecule has 0 bridgehead atoms. The molecule has 0 aromatic heterocycles. The number of nitrogens with zero attached hydrogens (tertiary/aromatic N) is 1. The van der Waals surface area contributed by atoms with Crippen molar-refractivity contribution in [3.63, 3.8) is 0 Å². The number of hydrogen-bond donors (Lipinski definition) is 1. The Morgan fingerprint density at radius 3 is 2.35 bits per heavy atom. The number of benzene rings is 2. The molecule has 26 heavy (non-hydrogen) atoms. The predicted octanol–water partition coefficient (Wildman–Crippen LogP) is 3.35. The van der Waals surface area contributed by atoms with E-state index in [1.54, 1.807) is 37.3 Å². The van der Waals surface area contributed by atoms with Gasteiger partial charge in [0.1, 0.15) is 0 Å². The largest absolute Gasteiger partial charge is 0.343 e. The molecule has 6 heteroatoms. The number of carbonyl (C=O) groups is 1. The van der Waals surface area contributed by atoms with Gasteiger partial charge in [-0.05, 0) is 55.5 Å². The molecule has 1 saturated heterocycles. The molecular formula is C20H24N2O3S. The zero-order chi connectivity index (χ0) is 18.6.